The number of aryl methyl sites for hydroxylation is 1. The van der Waals surface area contributed by atoms with Crippen LogP contribution in [-0.2, 0) is 16.1 Å². The van der Waals surface area contributed by atoms with Crippen LogP contribution < -0.4 is 0 Å². The number of furan rings is 1. The van der Waals surface area contributed by atoms with E-state index in [9.17, 15) is 9.59 Å². The summed E-state index contributed by atoms with van der Waals surface area (Å²) in [6.07, 6.45) is 1.71. The average Bonchev–Trinajstić information content (AvgIpc) is 3.35. The van der Waals surface area contributed by atoms with E-state index in [1.165, 1.54) is 24.4 Å². The average molecular weight is 450 g/mol. The molecule has 31 heavy (non-hydrogen) atoms. The molecule has 0 atom stereocenters. The number of hydrogen-bond donors (Lipinski definition) is 0. The van der Waals surface area contributed by atoms with Gasteiger partial charge in [0, 0.05) is 11.6 Å². The van der Waals surface area contributed by atoms with Gasteiger partial charge in [-0.2, -0.15) is 0 Å². The number of carbonyl (C=O) groups is 2. The van der Waals surface area contributed by atoms with Crippen molar-refractivity contribution in [3.63, 3.8) is 0 Å². The Balaban J connectivity index is 1.50. The van der Waals surface area contributed by atoms with Crippen LogP contribution in [0.4, 0.5) is 0 Å². The highest BCUT2D eigenvalue weighted by Gasteiger charge is 2.32. The summed E-state index contributed by atoms with van der Waals surface area (Å²) in [6, 6.07) is 18.6. The van der Waals surface area contributed by atoms with Crippen LogP contribution >= 0.6 is 24.0 Å². The third-order valence-electron chi connectivity index (χ3n) is 4.83. The van der Waals surface area contributed by atoms with Crippen LogP contribution in [0.25, 0.3) is 17.4 Å². The first-order valence-corrected chi connectivity index (χ1v) is 10.8. The van der Waals surface area contributed by atoms with E-state index >= 15 is 0 Å². The Labute approximate surface area is 189 Å². The molecule has 0 radical (unpaired) electrons. The Morgan fingerprint density at radius 2 is 1.81 bits per heavy atom. The molecule has 0 saturated carbocycles. The summed E-state index contributed by atoms with van der Waals surface area (Å²) in [4.78, 5) is 26.6. The van der Waals surface area contributed by atoms with Gasteiger partial charge in [0.15, 0.2) is 0 Å². The zero-order valence-corrected chi connectivity index (χ0v) is 18.6. The number of thioether (sulfide) groups is 1. The molecular formula is C24H19NO4S2. The molecule has 1 fully saturated rings. The number of methoxy groups -OCH3 is 1. The monoisotopic (exact) mass is 449 g/mol. The highest BCUT2D eigenvalue weighted by Crippen LogP contribution is 2.34. The molecule has 1 aliphatic rings. The van der Waals surface area contributed by atoms with E-state index in [1.54, 1.807) is 41.3 Å². The number of ether oxygens (including phenoxy) is 1. The van der Waals surface area contributed by atoms with E-state index in [0.29, 0.717) is 32.9 Å². The van der Waals surface area contributed by atoms with Crippen LogP contribution in [0.15, 0.2) is 70.0 Å². The second-order valence-electron chi connectivity index (χ2n) is 7.02. The Morgan fingerprint density at radius 3 is 2.48 bits per heavy atom. The Hall–Kier alpha value is -3.16. The van der Waals surface area contributed by atoms with Gasteiger partial charge in [0.05, 0.1) is 24.1 Å². The minimum Gasteiger partial charge on any atom is -0.465 e. The minimum atomic E-state index is -0.389. The number of esters is 1. The lowest BCUT2D eigenvalue weighted by Gasteiger charge is -2.14. The summed E-state index contributed by atoms with van der Waals surface area (Å²) in [7, 11) is 1.35. The first kappa shape index (κ1) is 21.1. The summed E-state index contributed by atoms with van der Waals surface area (Å²) in [6.45, 7) is 2.47. The molecule has 4 rings (SSSR count). The quantitative estimate of drug-likeness (QED) is 0.294. The van der Waals surface area contributed by atoms with Crippen LogP contribution in [0.1, 0.15) is 27.2 Å². The van der Waals surface area contributed by atoms with E-state index < -0.39 is 0 Å². The number of hydrogen-bond acceptors (Lipinski definition) is 6. The SMILES string of the molecule is COC(=O)c1ccc(-c2ccc(/C=C3\SC(=S)N(Cc4ccc(C)cc4)C3=O)o2)cc1. The fraction of sp³-hybridized carbons (Fsp3) is 0.125. The van der Waals surface area contributed by atoms with Gasteiger partial charge in [-0.1, -0.05) is 65.9 Å². The topological polar surface area (TPSA) is 59.8 Å². The number of amides is 1. The maximum Gasteiger partial charge on any atom is 0.337 e. The predicted molar refractivity (Wildman–Crippen MR) is 125 cm³/mol. The van der Waals surface area contributed by atoms with E-state index in [0.717, 1.165) is 11.1 Å². The van der Waals surface area contributed by atoms with Gasteiger partial charge in [-0.25, -0.2) is 4.79 Å². The molecule has 0 unspecified atom stereocenters. The zero-order chi connectivity index (χ0) is 22.0. The van der Waals surface area contributed by atoms with Crippen molar-refractivity contribution in [3.8, 4) is 11.3 Å². The Bertz CT molecular complexity index is 1180. The third kappa shape index (κ3) is 4.62. The first-order chi connectivity index (χ1) is 14.9. The lowest BCUT2D eigenvalue weighted by atomic mass is 10.1. The molecule has 3 aromatic rings. The summed E-state index contributed by atoms with van der Waals surface area (Å²) in [5, 5.41) is 0. The van der Waals surface area contributed by atoms with Crippen molar-refractivity contribution in [2.24, 2.45) is 0 Å². The number of benzene rings is 2. The summed E-state index contributed by atoms with van der Waals surface area (Å²) in [5.41, 5.74) is 3.48. The molecule has 0 aliphatic carbocycles. The van der Waals surface area contributed by atoms with Gasteiger partial charge in [0.2, 0.25) is 0 Å². The van der Waals surface area contributed by atoms with E-state index in [-0.39, 0.29) is 11.9 Å². The molecule has 2 aromatic carbocycles. The molecule has 0 bridgehead atoms. The van der Waals surface area contributed by atoms with Gasteiger partial charge < -0.3 is 9.15 Å². The highest BCUT2D eigenvalue weighted by molar-refractivity contribution is 8.26. The zero-order valence-electron chi connectivity index (χ0n) is 17.0. The molecule has 1 aromatic heterocycles. The number of thiocarbonyl (C=S) groups is 1. The van der Waals surface area contributed by atoms with Crippen molar-refractivity contribution in [2.45, 2.75) is 13.5 Å². The summed E-state index contributed by atoms with van der Waals surface area (Å²) >= 11 is 6.69. The molecule has 1 aliphatic heterocycles. The normalized spacial score (nSPS) is 15.0. The highest BCUT2D eigenvalue weighted by atomic mass is 32.2. The van der Waals surface area contributed by atoms with Crippen molar-refractivity contribution >= 4 is 46.3 Å². The second-order valence-corrected chi connectivity index (χ2v) is 8.70. The van der Waals surface area contributed by atoms with Crippen LogP contribution in [0, 0.1) is 6.92 Å². The molecule has 2 heterocycles. The largest absolute Gasteiger partial charge is 0.465 e. The molecule has 156 valence electrons. The van der Waals surface area contributed by atoms with E-state index in [1.807, 2.05) is 37.3 Å². The third-order valence-corrected chi connectivity index (χ3v) is 6.20. The number of nitrogens with zero attached hydrogens (tertiary/aromatic N) is 1. The number of carbonyl (C=O) groups excluding carboxylic acids is 2. The van der Waals surface area contributed by atoms with Crippen molar-refractivity contribution < 1.29 is 18.7 Å². The second kappa shape index (κ2) is 8.91. The van der Waals surface area contributed by atoms with E-state index in [2.05, 4.69) is 0 Å². The minimum absolute atomic E-state index is 0.129. The van der Waals surface area contributed by atoms with E-state index in [4.69, 9.17) is 21.4 Å². The Morgan fingerprint density at radius 1 is 1.10 bits per heavy atom. The van der Waals surface area contributed by atoms with Crippen LogP contribution in [-0.4, -0.2) is 28.2 Å². The predicted octanol–water partition coefficient (Wildman–Crippen LogP) is 5.44. The summed E-state index contributed by atoms with van der Waals surface area (Å²) in [5.74, 6) is 0.677. The molecular weight excluding hydrogens is 430 g/mol. The van der Waals surface area contributed by atoms with Gasteiger partial charge in [0.1, 0.15) is 15.8 Å². The van der Waals surface area contributed by atoms with Crippen molar-refractivity contribution in [1.29, 1.82) is 0 Å². The molecule has 1 saturated heterocycles. The molecule has 0 spiro atoms. The standard InChI is InChI=1S/C24H19NO4S2/c1-15-3-5-16(6-4-15)14-25-22(26)21(31-24(25)30)13-19-11-12-20(29-19)17-7-9-18(10-8-17)23(27)28-2/h3-13H,14H2,1-2H3/b21-13-. The lowest BCUT2D eigenvalue weighted by Crippen LogP contribution is -2.27. The smallest absolute Gasteiger partial charge is 0.337 e. The first-order valence-electron chi connectivity index (χ1n) is 9.54. The maximum atomic E-state index is 12.9. The van der Waals surface area contributed by atoms with Gasteiger partial charge in [-0.3, -0.25) is 9.69 Å². The fourth-order valence-corrected chi connectivity index (χ4v) is 4.35. The van der Waals surface area contributed by atoms with Gasteiger partial charge in [-0.15, -0.1) is 0 Å². The van der Waals surface area contributed by atoms with Gasteiger partial charge in [0.25, 0.3) is 5.91 Å². The van der Waals surface area contributed by atoms with Crippen LogP contribution in [0.2, 0.25) is 0 Å². The van der Waals surface area contributed by atoms with Crippen molar-refractivity contribution in [1.82, 2.24) is 4.90 Å². The fourth-order valence-electron chi connectivity index (χ4n) is 3.12. The summed E-state index contributed by atoms with van der Waals surface area (Å²) < 4.78 is 11.1. The van der Waals surface area contributed by atoms with Crippen LogP contribution in [0.5, 0.6) is 0 Å². The molecule has 7 heteroatoms. The molecule has 1 amide bonds. The number of rotatable bonds is 5. The lowest BCUT2D eigenvalue weighted by molar-refractivity contribution is -0.122. The maximum absolute atomic E-state index is 12.9. The molecule has 0 N–H and O–H groups in total. The molecule has 5 nitrogen and oxygen atoms in total. The van der Waals surface area contributed by atoms with Crippen molar-refractivity contribution in [2.75, 3.05) is 7.11 Å². The Kier molecular flexibility index (Phi) is 6.06. The van der Waals surface area contributed by atoms with Gasteiger partial charge >= 0.3 is 5.97 Å². The van der Waals surface area contributed by atoms with Gasteiger partial charge in [-0.05, 0) is 36.8 Å². The van der Waals surface area contributed by atoms with Crippen LogP contribution in [0.3, 0.4) is 0 Å². The van der Waals surface area contributed by atoms with Crippen molar-refractivity contribution in [3.05, 3.63) is 88.0 Å².